The number of ketones is 2. The molecule has 2 aromatic carbocycles. The van der Waals surface area contributed by atoms with Crippen molar-refractivity contribution < 1.29 is 39.4 Å². The summed E-state index contributed by atoms with van der Waals surface area (Å²) in [5, 5.41) is 3.28. The van der Waals surface area contributed by atoms with Crippen LogP contribution in [0.3, 0.4) is 0 Å². The first kappa shape index (κ1) is 24.2. The highest BCUT2D eigenvalue weighted by Crippen LogP contribution is 2.34. The fourth-order valence-corrected chi connectivity index (χ4v) is 6.88. The van der Waals surface area contributed by atoms with E-state index in [0.717, 1.165) is 30.3 Å². The van der Waals surface area contributed by atoms with Gasteiger partial charge in [0.1, 0.15) is 5.37 Å². The predicted octanol–water partition coefficient (Wildman–Crippen LogP) is 0.402. The Labute approximate surface area is 184 Å². The highest BCUT2D eigenvalue weighted by Gasteiger charge is 2.39. The second kappa shape index (κ2) is 8.13. The standard InChI is InChI=1S/C18H18N2O9S3/c1-2-5-14(32(27,28)29)20-31(25,26)13-9-4-7-11-16(13)18(22)10-6-3-8-12(30(19,23)24)15(10)17(11)21/h3-4,6-9,14,20H,2,5H2,1H3,(H2,19,23,24)(H,27,28,29). The Morgan fingerprint density at radius 3 is 1.78 bits per heavy atom. The minimum Gasteiger partial charge on any atom is -0.289 e. The number of rotatable bonds is 7. The van der Waals surface area contributed by atoms with Crippen molar-refractivity contribution in [3.8, 4) is 0 Å². The molecule has 1 atom stereocenters. The van der Waals surface area contributed by atoms with E-state index in [1.165, 1.54) is 6.07 Å². The number of hydrogen-bond acceptors (Lipinski definition) is 8. The van der Waals surface area contributed by atoms with E-state index < -0.39 is 68.0 Å². The average molecular weight is 503 g/mol. The summed E-state index contributed by atoms with van der Waals surface area (Å²) in [5.74, 6) is -1.89. The van der Waals surface area contributed by atoms with Gasteiger partial charge in [0.15, 0.2) is 11.6 Å². The monoisotopic (exact) mass is 502 g/mol. The van der Waals surface area contributed by atoms with Crippen molar-refractivity contribution in [1.82, 2.24) is 4.72 Å². The number of fused-ring (bicyclic) bond motifs is 2. The van der Waals surface area contributed by atoms with Crippen LogP contribution in [0.1, 0.15) is 51.6 Å². The van der Waals surface area contributed by atoms with Crippen molar-refractivity contribution in [2.45, 2.75) is 34.9 Å². The fourth-order valence-electron chi connectivity index (χ4n) is 3.41. The minimum atomic E-state index is -4.81. The van der Waals surface area contributed by atoms with Gasteiger partial charge < -0.3 is 0 Å². The topological polar surface area (TPSA) is 195 Å². The Kier molecular flexibility index (Phi) is 6.14. The lowest BCUT2D eigenvalue weighted by Gasteiger charge is -2.22. The van der Waals surface area contributed by atoms with E-state index in [1.54, 1.807) is 6.92 Å². The first-order valence-corrected chi connectivity index (χ1v) is 13.6. The minimum absolute atomic E-state index is 0.209. The molecule has 0 aliphatic heterocycles. The molecule has 0 aromatic heterocycles. The lowest BCUT2D eigenvalue weighted by molar-refractivity contribution is 0.0974. The summed E-state index contributed by atoms with van der Waals surface area (Å²) in [7, 11) is -13.9. The summed E-state index contributed by atoms with van der Waals surface area (Å²) in [6.45, 7) is 1.57. The molecular formula is C18H18N2O9S3. The van der Waals surface area contributed by atoms with Crippen molar-refractivity contribution >= 4 is 41.7 Å². The molecular weight excluding hydrogens is 484 g/mol. The van der Waals surface area contributed by atoms with Crippen molar-refractivity contribution in [2.24, 2.45) is 5.14 Å². The summed E-state index contributed by atoms with van der Waals surface area (Å²) in [6, 6.07) is 6.67. The zero-order valence-electron chi connectivity index (χ0n) is 16.5. The van der Waals surface area contributed by atoms with Crippen LogP contribution in [0.5, 0.6) is 0 Å². The van der Waals surface area contributed by atoms with Crippen molar-refractivity contribution in [2.75, 3.05) is 0 Å². The van der Waals surface area contributed by atoms with E-state index >= 15 is 0 Å². The highest BCUT2D eigenvalue weighted by atomic mass is 32.2. The molecule has 0 amide bonds. The van der Waals surface area contributed by atoms with Gasteiger partial charge in [-0.2, -0.15) is 13.1 Å². The molecule has 2 aromatic rings. The fraction of sp³-hybridized carbons (Fsp3) is 0.222. The second-order valence-electron chi connectivity index (χ2n) is 6.97. The third-order valence-corrected chi connectivity index (χ3v) is 8.48. The molecule has 0 radical (unpaired) electrons. The zero-order valence-corrected chi connectivity index (χ0v) is 18.9. The third-order valence-electron chi connectivity index (χ3n) is 4.79. The number of hydrogen-bond donors (Lipinski definition) is 3. The Morgan fingerprint density at radius 2 is 1.34 bits per heavy atom. The van der Waals surface area contributed by atoms with Crippen LogP contribution in [0, 0.1) is 0 Å². The van der Waals surface area contributed by atoms with Crippen molar-refractivity contribution in [3.63, 3.8) is 0 Å². The predicted molar refractivity (Wildman–Crippen MR) is 112 cm³/mol. The molecule has 0 spiro atoms. The number of carbonyl (C=O) groups is 2. The van der Waals surface area contributed by atoms with Crippen molar-refractivity contribution in [1.29, 1.82) is 0 Å². The van der Waals surface area contributed by atoms with E-state index in [0.29, 0.717) is 0 Å². The summed E-state index contributed by atoms with van der Waals surface area (Å²) in [6.07, 6.45) is -0.0402. The molecule has 0 saturated carbocycles. The molecule has 0 bridgehead atoms. The second-order valence-corrected chi connectivity index (χ2v) is 11.8. The molecule has 1 aliphatic rings. The van der Waals surface area contributed by atoms with Gasteiger partial charge in [-0.25, -0.2) is 22.0 Å². The van der Waals surface area contributed by atoms with E-state index in [2.05, 4.69) is 0 Å². The maximum absolute atomic E-state index is 13.2. The van der Waals surface area contributed by atoms with Crippen LogP contribution in [-0.4, -0.2) is 46.7 Å². The van der Waals surface area contributed by atoms with Crippen LogP contribution in [-0.2, 0) is 30.2 Å². The first-order chi connectivity index (χ1) is 14.7. The molecule has 0 heterocycles. The smallest absolute Gasteiger partial charge is 0.282 e. The summed E-state index contributed by atoms with van der Waals surface area (Å²) in [4.78, 5) is 24.9. The normalized spacial score (nSPS) is 15.2. The Hall–Kier alpha value is -2.49. The van der Waals surface area contributed by atoms with Crippen LogP contribution in [0.4, 0.5) is 0 Å². The summed E-state index contributed by atoms with van der Waals surface area (Å²) in [5.41, 5.74) is -1.77. The van der Waals surface area contributed by atoms with Gasteiger partial charge in [-0.15, -0.1) is 0 Å². The Morgan fingerprint density at radius 1 is 0.875 bits per heavy atom. The Bertz CT molecular complexity index is 1460. The summed E-state index contributed by atoms with van der Waals surface area (Å²) >= 11 is 0. The van der Waals surface area contributed by atoms with Gasteiger partial charge in [-0.1, -0.05) is 37.6 Å². The molecule has 14 heteroatoms. The van der Waals surface area contributed by atoms with Crippen LogP contribution in [0.15, 0.2) is 46.2 Å². The lowest BCUT2D eigenvalue weighted by atomic mass is 9.84. The number of primary sulfonamides is 1. The molecule has 32 heavy (non-hydrogen) atoms. The summed E-state index contributed by atoms with van der Waals surface area (Å²) < 4.78 is 84.1. The maximum atomic E-state index is 13.2. The Balaban J connectivity index is 2.23. The van der Waals surface area contributed by atoms with E-state index in [4.69, 9.17) is 5.14 Å². The van der Waals surface area contributed by atoms with E-state index in [1.807, 2.05) is 4.72 Å². The lowest BCUT2D eigenvalue weighted by Crippen LogP contribution is -2.41. The van der Waals surface area contributed by atoms with Gasteiger partial charge in [0.25, 0.3) is 10.1 Å². The van der Waals surface area contributed by atoms with E-state index in [-0.39, 0.29) is 24.0 Å². The van der Waals surface area contributed by atoms with Gasteiger partial charge >= 0.3 is 0 Å². The highest BCUT2D eigenvalue weighted by molar-refractivity contribution is 7.92. The molecule has 1 aliphatic carbocycles. The molecule has 172 valence electrons. The zero-order chi connectivity index (χ0) is 24.1. The molecule has 11 nitrogen and oxygen atoms in total. The molecule has 0 fully saturated rings. The van der Waals surface area contributed by atoms with Gasteiger partial charge in [0.2, 0.25) is 20.0 Å². The molecule has 4 N–H and O–H groups in total. The molecule has 3 rings (SSSR count). The molecule has 0 saturated heterocycles. The maximum Gasteiger partial charge on any atom is 0.282 e. The number of benzene rings is 2. The van der Waals surface area contributed by atoms with Crippen LogP contribution < -0.4 is 9.86 Å². The number of carbonyl (C=O) groups excluding carboxylic acids is 2. The number of sulfonamides is 2. The quantitative estimate of drug-likeness (QED) is 0.383. The van der Waals surface area contributed by atoms with Crippen molar-refractivity contribution in [3.05, 3.63) is 58.7 Å². The third kappa shape index (κ3) is 4.24. The number of nitrogens with one attached hydrogen (secondary N) is 1. The molecule has 1 unspecified atom stereocenters. The largest absolute Gasteiger partial charge is 0.289 e. The van der Waals surface area contributed by atoms with Crippen LogP contribution >= 0.6 is 0 Å². The first-order valence-electron chi connectivity index (χ1n) is 9.07. The van der Waals surface area contributed by atoms with Gasteiger partial charge in [-0.05, 0) is 18.6 Å². The number of nitrogens with two attached hydrogens (primary N) is 1. The SMILES string of the molecule is CCCC(NS(=O)(=O)c1cccc2c1C(=O)c1cccc(S(N)(=O)=O)c1C2=O)S(=O)(=O)O. The van der Waals surface area contributed by atoms with Gasteiger partial charge in [0, 0.05) is 11.1 Å². The average Bonchev–Trinajstić information content (AvgIpc) is 2.69. The van der Waals surface area contributed by atoms with Crippen LogP contribution in [0.2, 0.25) is 0 Å². The van der Waals surface area contributed by atoms with Crippen LogP contribution in [0.25, 0.3) is 0 Å². The van der Waals surface area contributed by atoms with Gasteiger partial charge in [-0.3, -0.25) is 14.1 Å². The van der Waals surface area contributed by atoms with Gasteiger partial charge in [0.05, 0.1) is 20.9 Å². The van der Waals surface area contributed by atoms with E-state index in [9.17, 15) is 39.4 Å².